The first-order chi connectivity index (χ1) is 15.3. The fraction of sp³-hybridized carbons (Fsp3) is 0.450. The molecule has 13 heteroatoms. The number of esters is 2. The molecule has 0 spiro atoms. The van der Waals surface area contributed by atoms with E-state index in [0.717, 1.165) is 18.2 Å². The lowest BCUT2D eigenvalue weighted by molar-refractivity contribution is -0.157. The maximum Gasteiger partial charge on any atom is 0.410 e. The lowest BCUT2D eigenvalue weighted by Gasteiger charge is -2.26. The van der Waals surface area contributed by atoms with Crippen LogP contribution < -0.4 is 0 Å². The molecule has 1 heterocycles. The number of alkyl halides is 2. The molecule has 2 rings (SSSR count). The standard InChI is InChI=1S/C20H24F2NO9P/c1-11(2)18(26)29-9-31-33(28,32-10-30-19(27)12(3)4)20(21,22)14-5-6-15-13(7-14)8-16(23-15)17(24)25/h5-8,11-12,23H,9-10H2,1-4H3,(H,24,25). The molecule has 0 radical (unpaired) electrons. The van der Waals surface area contributed by atoms with Gasteiger partial charge in [-0.15, -0.1) is 0 Å². The number of carbonyl (C=O) groups excluding carboxylic acids is 2. The Balaban J connectivity index is 2.34. The molecule has 1 aromatic carbocycles. The summed E-state index contributed by atoms with van der Waals surface area (Å²) in [5.41, 5.74) is -5.08. The van der Waals surface area contributed by atoms with Gasteiger partial charge in [-0.25, -0.2) is 4.79 Å². The Hall–Kier alpha value is -2.82. The lowest BCUT2D eigenvalue weighted by atomic mass is 10.1. The van der Waals surface area contributed by atoms with Crippen molar-refractivity contribution < 1.29 is 51.4 Å². The van der Waals surface area contributed by atoms with Crippen molar-refractivity contribution in [2.24, 2.45) is 11.8 Å². The number of benzene rings is 1. The smallest absolute Gasteiger partial charge is 0.410 e. The molecule has 0 amide bonds. The highest BCUT2D eigenvalue weighted by Crippen LogP contribution is 2.67. The van der Waals surface area contributed by atoms with Crippen LogP contribution in [0.4, 0.5) is 8.78 Å². The normalized spacial score (nSPS) is 12.4. The molecule has 0 aliphatic rings. The summed E-state index contributed by atoms with van der Waals surface area (Å²) in [6.45, 7) is 3.78. The van der Waals surface area contributed by atoms with E-state index in [2.05, 4.69) is 14.5 Å². The maximum absolute atomic E-state index is 15.3. The zero-order chi connectivity index (χ0) is 25.0. The van der Waals surface area contributed by atoms with Crippen LogP contribution >= 0.6 is 7.60 Å². The molecular weight excluding hydrogens is 467 g/mol. The maximum atomic E-state index is 15.3. The summed E-state index contributed by atoms with van der Waals surface area (Å²) >= 11 is 0. The molecule has 1 aromatic heterocycles. The summed E-state index contributed by atoms with van der Waals surface area (Å²) in [6, 6.07) is 4.12. The van der Waals surface area contributed by atoms with E-state index in [1.807, 2.05) is 0 Å². The highest BCUT2D eigenvalue weighted by molar-refractivity contribution is 7.54. The third-order valence-electron chi connectivity index (χ3n) is 4.33. The van der Waals surface area contributed by atoms with Crippen molar-refractivity contribution in [3.63, 3.8) is 0 Å². The van der Waals surface area contributed by atoms with Gasteiger partial charge < -0.3 is 19.6 Å². The van der Waals surface area contributed by atoms with E-state index in [9.17, 15) is 18.9 Å². The van der Waals surface area contributed by atoms with Gasteiger partial charge in [0.1, 0.15) is 5.69 Å². The van der Waals surface area contributed by atoms with E-state index in [4.69, 9.17) is 14.2 Å². The Morgan fingerprint density at radius 1 is 1.00 bits per heavy atom. The third kappa shape index (κ3) is 6.16. The van der Waals surface area contributed by atoms with Gasteiger partial charge in [-0.1, -0.05) is 33.8 Å². The van der Waals surface area contributed by atoms with Crippen LogP contribution in [0.15, 0.2) is 24.3 Å². The molecule has 182 valence electrons. The predicted octanol–water partition coefficient (Wildman–Crippen LogP) is 4.46. The van der Waals surface area contributed by atoms with Crippen molar-refractivity contribution in [2.75, 3.05) is 13.6 Å². The van der Waals surface area contributed by atoms with Crippen molar-refractivity contribution in [3.05, 3.63) is 35.5 Å². The van der Waals surface area contributed by atoms with Crippen LogP contribution in [0, 0.1) is 11.8 Å². The largest absolute Gasteiger partial charge is 0.477 e. The first kappa shape index (κ1) is 26.4. The van der Waals surface area contributed by atoms with Crippen LogP contribution in [-0.4, -0.2) is 41.6 Å². The summed E-state index contributed by atoms with van der Waals surface area (Å²) in [6.07, 6.45) is 0. The van der Waals surface area contributed by atoms with Crippen molar-refractivity contribution in [3.8, 4) is 0 Å². The summed E-state index contributed by atoms with van der Waals surface area (Å²) in [4.78, 5) is 36.8. The van der Waals surface area contributed by atoms with Crippen LogP contribution in [0.3, 0.4) is 0 Å². The molecule has 0 saturated heterocycles. The fourth-order valence-electron chi connectivity index (χ4n) is 2.43. The lowest BCUT2D eigenvalue weighted by Crippen LogP contribution is -2.22. The number of carboxylic acids is 1. The van der Waals surface area contributed by atoms with Crippen LogP contribution in [0.2, 0.25) is 0 Å². The van der Waals surface area contributed by atoms with Gasteiger partial charge in [0.15, 0.2) is 0 Å². The van der Waals surface area contributed by atoms with Crippen LogP contribution in [0.25, 0.3) is 10.9 Å². The summed E-state index contributed by atoms with van der Waals surface area (Å²) in [7, 11) is -5.42. The number of aromatic nitrogens is 1. The number of H-pyrrole nitrogens is 1. The Kier molecular flexibility index (Phi) is 8.34. The summed E-state index contributed by atoms with van der Waals surface area (Å²) < 4.78 is 62.6. The van der Waals surface area contributed by atoms with Gasteiger partial charge in [-0.3, -0.25) is 23.2 Å². The van der Waals surface area contributed by atoms with E-state index in [1.54, 1.807) is 0 Å². The number of nitrogens with one attached hydrogen (secondary N) is 1. The topological polar surface area (TPSA) is 141 Å². The van der Waals surface area contributed by atoms with Crippen molar-refractivity contribution in [1.29, 1.82) is 0 Å². The second-order valence-corrected chi connectivity index (χ2v) is 9.63. The number of hydrogen-bond donors (Lipinski definition) is 2. The number of carbonyl (C=O) groups is 3. The zero-order valence-corrected chi connectivity index (χ0v) is 19.2. The SMILES string of the molecule is CC(C)C(=O)OCOP(=O)(OCOC(=O)C(C)C)C(F)(F)c1ccc2[nH]c(C(=O)O)cc2c1. The predicted molar refractivity (Wildman–Crippen MR) is 111 cm³/mol. The first-order valence-corrected chi connectivity index (χ1v) is 11.3. The Labute approximate surface area is 187 Å². The van der Waals surface area contributed by atoms with Gasteiger partial charge in [-0.2, -0.15) is 8.78 Å². The number of ether oxygens (including phenoxy) is 2. The summed E-state index contributed by atoms with van der Waals surface area (Å²) in [5, 5.41) is 9.16. The molecule has 0 saturated carbocycles. The average molecular weight is 491 g/mol. The molecular formula is C20H24F2NO9P. The number of hydrogen-bond acceptors (Lipinski definition) is 8. The van der Waals surface area contributed by atoms with Crippen LogP contribution in [0.5, 0.6) is 0 Å². The Morgan fingerprint density at radius 2 is 1.52 bits per heavy atom. The van der Waals surface area contributed by atoms with Crippen molar-refractivity contribution >= 4 is 36.4 Å². The van der Waals surface area contributed by atoms with Gasteiger partial charge in [0.25, 0.3) is 0 Å². The minimum atomic E-state index is -5.42. The van der Waals surface area contributed by atoms with Gasteiger partial charge in [0, 0.05) is 16.5 Å². The van der Waals surface area contributed by atoms with E-state index >= 15 is 8.78 Å². The van der Waals surface area contributed by atoms with E-state index in [0.29, 0.717) is 0 Å². The number of rotatable bonds is 11. The molecule has 0 unspecified atom stereocenters. The van der Waals surface area contributed by atoms with Gasteiger partial charge in [0.2, 0.25) is 13.6 Å². The van der Waals surface area contributed by atoms with Gasteiger partial charge in [0.05, 0.1) is 11.8 Å². The van der Waals surface area contributed by atoms with Crippen molar-refractivity contribution in [2.45, 2.75) is 33.4 Å². The molecule has 33 heavy (non-hydrogen) atoms. The second kappa shape index (κ2) is 10.4. The second-order valence-electron chi connectivity index (χ2n) is 7.56. The zero-order valence-electron chi connectivity index (χ0n) is 18.3. The van der Waals surface area contributed by atoms with E-state index in [1.165, 1.54) is 33.8 Å². The van der Waals surface area contributed by atoms with Gasteiger partial charge in [-0.05, 0) is 18.2 Å². The minimum Gasteiger partial charge on any atom is -0.477 e. The molecule has 0 bridgehead atoms. The van der Waals surface area contributed by atoms with Crippen molar-refractivity contribution in [1.82, 2.24) is 4.98 Å². The molecule has 0 atom stereocenters. The third-order valence-corrected chi connectivity index (χ3v) is 6.17. The van der Waals surface area contributed by atoms with Crippen LogP contribution in [-0.2, 0) is 38.3 Å². The molecule has 2 N–H and O–H groups in total. The molecule has 0 fully saturated rings. The minimum absolute atomic E-state index is 0.105. The van der Waals surface area contributed by atoms with E-state index in [-0.39, 0.29) is 16.6 Å². The highest BCUT2D eigenvalue weighted by atomic mass is 31.2. The monoisotopic (exact) mass is 491 g/mol. The highest BCUT2D eigenvalue weighted by Gasteiger charge is 2.56. The number of aromatic amines is 1. The number of halogens is 2. The first-order valence-electron chi connectivity index (χ1n) is 9.75. The molecule has 0 aliphatic carbocycles. The Morgan fingerprint density at radius 3 is 1.97 bits per heavy atom. The quantitative estimate of drug-likeness (QED) is 0.265. The number of fused-ring (bicyclic) bond motifs is 1. The summed E-state index contributed by atoms with van der Waals surface area (Å²) in [5.74, 6) is -4.06. The van der Waals surface area contributed by atoms with E-state index < -0.39 is 62.2 Å². The number of carboxylic acid groups (broad SMARTS) is 1. The van der Waals surface area contributed by atoms with Gasteiger partial charge >= 0.3 is 31.2 Å². The van der Waals surface area contributed by atoms with Crippen LogP contribution in [0.1, 0.15) is 43.7 Å². The fourth-order valence-corrected chi connectivity index (χ4v) is 3.67. The molecule has 0 aliphatic heterocycles. The Bertz CT molecular complexity index is 1050. The molecule has 10 nitrogen and oxygen atoms in total. The molecule has 2 aromatic rings. The number of aromatic carboxylic acids is 1. The average Bonchev–Trinajstić information content (AvgIpc) is 3.17.